The molecule has 0 aromatic carbocycles. The van der Waals surface area contributed by atoms with E-state index in [0.29, 0.717) is 0 Å². The van der Waals surface area contributed by atoms with E-state index < -0.39 is 0 Å². The summed E-state index contributed by atoms with van der Waals surface area (Å²) in [7, 11) is 0. The zero-order valence-electron chi connectivity index (χ0n) is 6.21. The molecule has 0 aliphatic rings. The highest BCUT2D eigenvalue weighted by molar-refractivity contribution is 8.20. The van der Waals surface area contributed by atoms with Crippen molar-refractivity contribution >= 4 is 33.3 Å². The average molecular weight is 178 g/mol. The monoisotopic (exact) mass is 178 g/mol. The van der Waals surface area contributed by atoms with Crippen molar-refractivity contribution < 1.29 is 5.11 Å². The van der Waals surface area contributed by atoms with Gasteiger partial charge in [0.15, 0.2) is 0 Å². The Hall–Kier alpha value is 0.110. The van der Waals surface area contributed by atoms with Crippen LogP contribution >= 0.6 is 23.6 Å². The van der Waals surface area contributed by atoms with Crippen LogP contribution in [0.15, 0.2) is 0 Å². The molecule has 3 heteroatoms. The summed E-state index contributed by atoms with van der Waals surface area (Å²) in [6.07, 6.45) is 4.79. The predicted molar refractivity (Wildman–Crippen MR) is 54.4 cm³/mol. The van der Waals surface area contributed by atoms with Crippen molar-refractivity contribution in [3.8, 4) is 0 Å². The fraction of sp³-hybridized carbons (Fsp3) is 0.714. The molecule has 0 atom stereocenters. The smallest absolute Gasteiger partial charge is 0.208 e. The normalized spacial score (nSPS) is 11.3. The zero-order chi connectivity index (χ0) is 7.82. The molecule has 0 aliphatic carbocycles. The van der Waals surface area contributed by atoms with Gasteiger partial charge >= 0.3 is 0 Å². The maximum Gasteiger partial charge on any atom is 0.208 e. The number of aliphatic hydroxyl groups is 1. The lowest BCUT2D eigenvalue weighted by Gasteiger charge is -1.90. The highest BCUT2D eigenvalue weighted by Crippen LogP contribution is 1.98. The number of hydrogen-bond acceptors (Lipinski definition) is 1. The lowest BCUT2D eigenvalue weighted by atomic mass is 10.2. The summed E-state index contributed by atoms with van der Waals surface area (Å²) in [6.45, 7) is 2.17. The molecular formula is C7H14OS2. The van der Waals surface area contributed by atoms with E-state index in [2.05, 4.69) is 19.1 Å². The SMILES string of the molecule is CCCCCC=[SH]C(O)=S. The van der Waals surface area contributed by atoms with Gasteiger partial charge in [-0.15, -0.1) is 11.4 Å². The summed E-state index contributed by atoms with van der Waals surface area (Å²) in [5.41, 5.74) is 0. The van der Waals surface area contributed by atoms with E-state index in [1.807, 2.05) is 5.37 Å². The molecule has 0 saturated carbocycles. The number of aliphatic hydroxyl groups excluding tert-OH is 1. The Morgan fingerprint density at radius 2 is 2.30 bits per heavy atom. The Morgan fingerprint density at radius 3 is 2.80 bits per heavy atom. The maximum atomic E-state index is 8.60. The summed E-state index contributed by atoms with van der Waals surface area (Å²) < 4.78 is 0.0801. The minimum Gasteiger partial charge on any atom is -0.495 e. The van der Waals surface area contributed by atoms with Gasteiger partial charge in [-0.05, 0) is 25.1 Å². The van der Waals surface area contributed by atoms with Crippen LogP contribution in [0.4, 0.5) is 0 Å². The highest BCUT2D eigenvalue weighted by atomic mass is 32.2. The quantitative estimate of drug-likeness (QED) is 0.392. The first kappa shape index (κ1) is 10.1. The Morgan fingerprint density at radius 1 is 1.60 bits per heavy atom. The fourth-order valence-electron chi connectivity index (χ4n) is 0.628. The fourth-order valence-corrected chi connectivity index (χ4v) is 1.32. The van der Waals surface area contributed by atoms with Crippen LogP contribution < -0.4 is 0 Å². The second-order valence-corrected chi connectivity index (χ2v) is 3.83. The molecule has 10 heavy (non-hydrogen) atoms. The van der Waals surface area contributed by atoms with Gasteiger partial charge < -0.3 is 5.11 Å². The Kier molecular flexibility index (Phi) is 7.30. The summed E-state index contributed by atoms with van der Waals surface area (Å²) in [5, 5.41) is 10.6. The van der Waals surface area contributed by atoms with E-state index in [9.17, 15) is 0 Å². The first-order valence-electron chi connectivity index (χ1n) is 3.52. The molecule has 0 unspecified atom stereocenters. The van der Waals surface area contributed by atoms with E-state index in [1.54, 1.807) is 0 Å². The molecule has 0 radical (unpaired) electrons. The van der Waals surface area contributed by atoms with Crippen LogP contribution in [-0.4, -0.2) is 14.9 Å². The third-order valence-electron chi connectivity index (χ3n) is 1.14. The number of thiol groups is 1. The van der Waals surface area contributed by atoms with Gasteiger partial charge in [0.25, 0.3) is 0 Å². The second kappa shape index (κ2) is 7.22. The third kappa shape index (κ3) is 8.11. The third-order valence-corrected chi connectivity index (χ3v) is 2.12. The first-order valence-corrected chi connectivity index (χ1v) is 4.90. The molecule has 60 valence electrons. The summed E-state index contributed by atoms with van der Waals surface area (Å²) in [5.74, 6) is 0. The standard InChI is InChI=1S/C7H14OS2/c1-2-3-4-5-6-10-7(8)9/h6,10H,2-5H2,1H3,(H,8,9). The van der Waals surface area contributed by atoms with Gasteiger partial charge in [0, 0.05) is 0 Å². The Balaban J connectivity index is 3.10. The van der Waals surface area contributed by atoms with Crippen LogP contribution in [-0.2, 0) is 0 Å². The number of hydrogen-bond donors (Lipinski definition) is 2. The van der Waals surface area contributed by atoms with E-state index in [0.717, 1.165) is 17.8 Å². The molecule has 0 fully saturated rings. The lowest BCUT2D eigenvalue weighted by molar-refractivity contribution is 0.586. The molecule has 0 amide bonds. The zero-order valence-corrected chi connectivity index (χ0v) is 7.92. The highest BCUT2D eigenvalue weighted by Gasteiger charge is 1.82. The molecule has 0 saturated heterocycles. The van der Waals surface area contributed by atoms with Crippen LogP contribution in [0.1, 0.15) is 32.6 Å². The van der Waals surface area contributed by atoms with Crippen LogP contribution in [0, 0.1) is 0 Å². The minimum atomic E-state index is 0.0801. The first-order chi connectivity index (χ1) is 4.77. The maximum absolute atomic E-state index is 8.60. The number of unbranched alkanes of at least 4 members (excludes halogenated alkanes) is 3. The molecule has 0 rings (SSSR count). The van der Waals surface area contributed by atoms with Crippen LogP contribution in [0.25, 0.3) is 0 Å². The van der Waals surface area contributed by atoms with Gasteiger partial charge in [-0.2, -0.15) is 0 Å². The van der Waals surface area contributed by atoms with E-state index in [4.69, 9.17) is 5.11 Å². The second-order valence-electron chi connectivity index (χ2n) is 2.09. The molecule has 0 spiro atoms. The minimum absolute atomic E-state index is 0.0801. The largest absolute Gasteiger partial charge is 0.495 e. The van der Waals surface area contributed by atoms with Crippen molar-refractivity contribution in [1.29, 1.82) is 0 Å². The van der Waals surface area contributed by atoms with E-state index in [-0.39, 0.29) is 4.38 Å². The van der Waals surface area contributed by atoms with Gasteiger partial charge in [0.2, 0.25) is 4.38 Å². The van der Waals surface area contributed by atoms with Crippen LogP contribution in [0.5, 0.6) is 0 Å². The lowest BCUT2D eigenvalue weighted by Crippen LogP contribution is -1.79. The topological polar surface area (TPSA) is 20.2 Å². The molecule has 1 N–H and O–H groups in total. The van der Waals surface area contributed by atoms with Gasteiger partial charge in [-0.3, -0.25) is 0 Å². The predicted octanol–water partition coefficient (Wildman–Crippen LogP) is 2.68. The van der Waals surface area contributed by atoms with Gasteiger partial charge in [0.05, 0.1) is 0 Å². The molecular weight excluding hydrogens is 164 g/mol. The van der Waals surface area contributed by atoms with Crippen LogP contribution in [0.2, 0.25) is 0 Å². The molecule has 0 aliphatic heterocycles. The van der Waals surface area contributed by atoms with E-state index >= 15 is 0 Å². The van der Waals surface area contributed by atoms with Crippen molar-refractivity contribution in [3.05, 3.63) is 0 Å². The average Bonchev–Trinajstić information content (AvgIpc) is 1.87. The number of thiocarbonyl (C=S) groups is 1. The van der Waals surface area contributed by atoms with Gasteiger partial charge in [0.1, 0.15) is 0 Å². The molecule has 0 aromatic rings. The molecule has 0 aromatic heterocycles. The molecule has 0 bridgehead atoms. The summed E-state index contributed by atoms with van der Waals surface area (Å²) >= 11 is 5.29. The Labute approximate surface area is 71.4 Å². The van der Waals surface area contributed by atoms with Crippen molar-refractivity contribution in [2.75, 3.05) is 0 Å². The molecule has 1 nitrogen and oxygen atoms in total. The number of rotatable bonds is 4. The van der Waals surface area contributed by atoms with Crippen molar-refractivity contribution in [1.82, 2.24) is 0 Å². The summed E-state index contributed by atoms with van der Waals surface area (Å²) in [4.78, 5) is 0. The van der Waals surface area contributed by atoms with E-state index in [1.165, 1.54) is 19.3 Å². The van der Waals surface area contributed by atoms with Gasteiger partial charge in [-0.1, -0.05) is 25.1 Å². The van der Waals surface area contributed by atoms with Crippen LogP contribution in [0.3, 0.4) is 0 Å². The van der Waals surface area contributed by atoms with Crippen molar-refractivity contribution in [2.45, 2.75) is 32.6 Å². The summed E-state index contributed by atoms with van der Waals surface area (Å²) in [6, 6.07) is 0. The van der Waals surface area contributed by atoms with Crippen molar-refractivity contribution in [3.63, 3.8) is 0 Å². The molecule has 0 heterocycles. The Bertz CT molecular complexity index is 121. The van der Waals surface area contributed by atoms with Gasteiger partial charge in [-0.25, -0.2) is 0 Å². The van der Waals surface area contributed by atoms with Crippen molar-refractivity contribution in [2.24, 2.45) is 0 Å².